The maximum atomic E-state index is 13.0. The van der Waals surface area contributed by atoms with Crippen LogP contribution in [0.3, 0.4) is 0 Å². The smallest absolute Gasteiger partial charge is 0.358 e. The monoisotopic (exact) mass is 622 g/mol. The van der Waals surface area contributed by atoms with Gasteiger partial charge in [-0.25, -0.2) is 0 Å². The number of piperidine rings is 2. The maximum Gasteiger partial charge on any atom is 0.416 e. The van der Waals surface area contributed by atoms with Gasteiger partial charge in [-0.15, -0.1) is 0 Å². The number of aryl methyl sites for hydroxylation is 2. The Labute approximate surface area is 268 Å². The van der Waals surface area contributed by atoms with Gasteiger partial charge in [-0.2, -0.15) is 13.2 Å². The molecule has 4 nitrogen and oxygen atoms in total. The van der Waals surface area contributed by atoms with Crippen LogP contribution in [0.2, 0.25) is 0 Å². The first-order valence-electron chi connectivity index (χ1n) is 16.8. The molecule has 0 saturated carbocycles. The topological polar surface area (TPSA) is 44.8 Å². The van der Waals surface area contributed by atoms with E-state index in [1.165, 1.54) is 95.0 Å². The molecule has 46 heavy (non-hydrogen) atoms. The minimum absolute atomic E-state index is 0.366. The normalized spacial score (nSPS) is 23.7. The molecule has 3 aromatic carbocycles. The second-order valence-electron chi connectivity index (χ2n) is 13.9. The highest BCUT2D eigenvalue weighted by atomic mass is 19.4. The van der Waals surface area contributed by atoms with E-state index < -0.39 is 11.7 Å². The first kappa shape index (κ1) is 29.6. The minimum atomic E-state index is -4.33. The summed E-state index contributed by atoms with van der Waals surface area (Å²) in [6.45, 7) is 4.28. The van der Waals surface area contributed by atoms with Gasteiger partial charge in [0.2, 0.25) is 0 Å². The first-order chi connectivity index (χ1) is 22.2. The van der Waals surface area contributed by atoms with Gasteiger partial charge in [0.1, 0.15) is 0 Å². The summed E-state index contributed by atoms with van der Waals surface area (Å²) >= 11 is 0. The van der Waals surface area contributed by atoms with Gasteiger partial charge >= 0.3 is 6.18 Å². The Morgan fingerprint density at radius 2 is 1.46 bits per heavy atom. The third-order valence-electron chi connectivity index (χ3n) is 10.6. The van der Waals surface area contributed by atoms with Crippen molar-refractivity contribution in [3.63, 3.8) is 0 Å². The van der Waals surface area contributed by atoms with Gasteiger partial charge in [0.05, 0.1) is 11.1 Å². The van der Waals surface area contributed by atoms with Crippen LogP contribution in [-0.2, 0) is 19.0 Å². The van der Waals surface area contributed by atoms with Crippen molar-refractivity contribution in [2.45, 2.75) is 95.6 Å². The number of nitrogens with zero attached hydrogens (tertiary/aromatic N) is 1. The lowest BCUT2D eigenvalue weighted by Crippen LogP contribution is -2.42. The molecule has 2 fully saturated rings. The summed E-state index contributed by atoms with van der Waals surface area (Å²) < 4.78 is 41.3. The highest BCUT2D eigenvalue weighted by Crippen LogP contribution is 2.42. The van der Waals surface area contributed by atoms with E-state index in [0.717, 1.165) is 24.4 Å². The number of fused-ring (bicyclic) bond motifs is 12. The van der Waals surface area contributed by atoms with E-state index in [-0.39, 0.29) is 0 Å². The van der Waals surface area contributed by atoms with E-state index in [4.69, 9.17) is 0 Å². The van der Waals surface area contributed by atoms with Gasteiger partial charge in [0, 0.05) is 70.9 Å². The van der Waals surface area contributed by atoms with Crippen molar-refractivity contribution in [2.24, 2.45) is 0 Å². The molecule has 0 aliphatic carbocycles. The largest absolute Gasteiger partial charge is 0.416 e. The van der Waals surface area contributed by atoms with Crippen molar-refractivity contribution in [3.8, 4) is 0 Å². The molecular formula is C39H41F3N4. The quantitative estimate of drug-likeness (QED) is 0.184. The van der Waals surface area contributed by atoms with Crippen molar-refractivity contribution in [1.82, 2.24) is 20.2 Å². The molecule has 238 valence electrons. The third-order valence-corrected chi connectivity index (χ3v) is 10.6. The second kappa shape index (κ2) is 11.5. The van der Waals surface area contributed by atoms with E-state index in [9.17, 15) is 13.2 Å². The Hall–Kier alpha value is -3.81. The molecular weight excluding hydrogens is 581 g/mol. The van der Waals surface area contributed by atoms with Gasteiger partial charge < -0.3 is 20.2 Å². The van der Waals surface area contributed by atoms with Crippen molar-refractivity contribution in [1.29, 1.82) is 0 Å². The van der Waals surface area contributed by atoms with Crippen molar-refractivity contribution < 1.29 is 13.2 Å². The van der Waals surface area contributed by atoms with Gasteiger partial charge in [-0.3, -0.25) is 0 Å². The zero-order chi connectivity index (χ0) is 31.6. The molecule has 0 amide bonds. The zero-order valence-corrected chi connectivity index (χ0v) is 26.5. The van der Waals surface area contributed by atoms with Crippen LogP contribution >= 0.6 is 0 Å². The van der Waals surface area contributed by atoms with E-state index in [0.29, 0.717) is 29.7 Å². The van der Waals surface area contributed by atoms with Gasteiger partial charge in [-0.1, -0.05) is 35.4 Å². The number of hydrogen-bond acceptors (Lipinski definition) is 2. The molecule has 4 bridgehead atoms. The molecule has 7 heteroatoms. The molecule has 0 radical (unpaired) electrons. The standard InChI is InChI=1S/C24H23F3N2.C15H18N2/c1-15-8-9-21-19(12-15)23-20-7-3-6-18(28-20)14-22(23)29(21)11-10-16-4-2-5-17(13-16)24(25,26)27;1-9-5-6-12-11(7-9)15-13-4-2-3-10(16-13)8-14(15)17-12/h2,4-5,8-13,18,20,28H,3,6-7,14H2,1H3;5-7,10,13,16-17H,2-4,8H2,1H3/b11-10+;. The second-order valence-corrected chi connectivity index (χ2v) is 13.9. The molecule has 6 heterocycles. The average Bonchev–Trinajstić information content (AvgIpc) is 3.54. The van der Waals surface area contributed by atoms with Crippen LogP contribution in [0.1, 0.15) is 95.4 Å². The SMILES string of the molecule is Cc1ccc2[nH]c3c(c2c1)C1CCCC(C3)N1.Cc1ccc2c(c1)c1c(n2/C=C/c2cccc(C(F)(F)F)c2)CC2CCCC1N2. The average molecular weight is 623 g/mol. The fourth-order valence-corrected chi connectivity index (χ4v) is 8.49. The highest BCUT2D eigenvalue weighted by molar-refractivity contribution is 5.90. The Bertz CT molecular complexity index is 1960. The van der Waals surface area contributed by atoms with Crippen LogP contribution in [0.15, 0.2) is 60.7 Å². The number of rotatable bonds is 2. The molecule has 2 saturated heterocycles. The lowest BCUT2D eigenvalue weighted by atomic mass is 9.84. The summed E-state index contributed by atoms with van der Waals surface area (Å²) in [5.41, 5.74) is 10.7. The summed E-state index contributed by atoms with van der Waals surface area (Å²) in [5, 5.41) is 10.3. The number of benzene rings is 3. The molecule has 9 rings (SSSR count). The lowest BCUT2D eigenvalue weighted by molar-refractivity contribution is -0.137. The van der Waals surface area contributed by atoms with Crippen LogP contribution in [-0.4, -0.2) is 21.6 Å². The maximum absolute atomic E-state index is 13.0. The first-order valence-corrected chi connectivity index (χ1v) is 16.8. The summed E-state index contributed by atoms with van der Waals surface area (Å²) in [6.07, 6.45) is 9.08. The number of alkyl halides is 3. The molecule has 2 aromatic heterocycles. The van der Waals surface area contributed by atoms with Crippen LogP contribution in [0.5, 0.6) is 0 Å². The molecule has 5 aromatic rings. The molecule has 4 atom stereocenters. The molecule has 4 unspecified atom stereocenters. The van der Waals surface area contributed by atoms with Gasteiger partial charge in [-0.05, 0) is 112 Å². The summed E-state index contributed by atoms with van der Waals surface area (Å²) in [6, 6.07) is 20.9. The summed E-state index contributed by atoms with van der Waals surface area (Å²) in [5.74, 6) is 0. The zero-order valence-electron chi connectivity index (χ0n) is 26.5. The molecule has 3 N–H and O–H groups in total. The molecule has 4 aliphatic rings. The summed E-state index contributed by atoms with van der Waals surface area (Å²) in [7, 11) is 0. The fourth-order valence-electron chi connectivity index (χ4n) is 8.49. The van der Waals surface area contributed by atoms with Gasteiger partial charge in [0.25, 0.3) is 0 Å². The molecule has 0 spiro atoms. The predicted octanol–water partition coefficient (Wildman–Crippen LogP) is 9.55. The van der Waals surface area contributed by atoms with Crippen LogP contribution < -0.4 is 10.6 Å². The van der Waals surface area contributed by atoms with Crippen LogP contribution in [0, 0.1) is 13.8 Å². The predicted molar refractivity (Wildman–Crippen MR) is 181 cm³/mol. The highest BCUT2D eigenvalue weighted by Gasteiger charge is 2.35. The number of aromatic amines is 1. The number of hydrogen-bond donors (Lipinski definition) is 3. The van der Waals surface area contributed by atoms with E-state index in [1.807, 2.05) is 6.20 Å². The summed E-state index contributed by atoms with van der Waals surface area (Å²) in [4.78, 5) is 3.63. The lowest BCUT2D eigenvalue weighted by Gasteiger charge is -2.36. The Balaban J connectivity index is 0.000000155. The Morgan fingerprint density at radius 3 is 2.22 bits per heavy atom. The number of aromatic nitrogens is 2. The van der Waals surface area contributed by atoms with Crippen molar-refractivity contribution in [2.75, 3.05) is 0 Å². The molecule has 4 aliphatic heterocycles. The van der Waals surface area contributed by atoms with Crippen LogP contribution in [0.25, 0.3) is 34.1 Å². The fraction of sp³-hybridized carbons (Fsp3) is 0.385. The van der Waals surface area contributed by atoms with E-state index >= 15 is 0 Å². The Kier molecular flexibility index (Phi) is 7.37. The van der Waals surface area contributed by atoms with E-state index in [2.05, 4.69) is 70.4 Å². The van der Waals surface area contributed by atoms with Gasteiger partial charge in [0.15, 0.2) is 0 Å². The van der Waals surface area contributed by atoms with E-state index in [1.54, 1.807) is 17.7 Å². The number of halogens is 3. The van der Waals surface area contributed by atoms with Crippen LogP contribution in [0.4, 0.5) is 13.2 Å². The third kappa shape index (κ3) is 5.37. The van der Waals surface area contributed by atoms with Crippen molar-refractivity contribution in [3.05, 3.63) is 105 Å². The Morgan fingerprint density at radius 1 is 0.761 bits per heavy atom. The number of nitrogens with one attached hydrogen (secondary N) is 3. The minimum Gasteiger partial charge on any atom is -0.358 e. The number of H-pyrrole nitrogens is 1. The van der Waals surface area contributed by atoms with Crippen molar-refractivity contribution >= 4 is 34.1 Å².